The number of rotatable bonds is 2. The van der Waals surface area contributed by atoms with Crippen molar-refractivity contribution in [1.29, 1.82) is 0 Å². The molecule has 0 unspecified atom stereocenters. The molecule has 0 spiro atoms. The zero-order valence-electron chi connectivity index (χ0n) is 10.0. The Morgan fingerprint density at radius 1 is 1.20 bits per heavy atom. The third-order valence-corrected chi connectivity index (χ3v) is 8.09. The maximum atomic E-state index is 2.57. The van der Waals surface area contributed by atoms with Crippen LogP contribution >= 0.6 is 0 Å². The molecule has 1 aliphatic rings. The summed E-state index contributed by atoms with van der Waals surface area (Å²) >= 11 is 0. The molecule has 1 heterocycles. The lowest BCUT2D eigenvalue weighted by atomic mass is 10.4. The van der Waals surface area contributed by atoms with Crippen molar-refractivity contribution in [2.45, 2.75) is 31.6 Å². The summed E-state index contributed by atoms with van der Waals surface area (Å²) in [7, 11) is 1.00. The second-order valence-corrected chi connectivity index (χ2v) is 9.91. The third kappa shape index (κ3) is 2.01. The highest BCUT2D eigenvalue weighted by molar-refractivity contribution is 6.91. The molecule has 1 aliphatic heterocycles. The molecular formula is C13H21NSi. The van der Waals surface area contributed by atoms with Crippen LogP contribution in [-0.4, -0.2) is 32.2 Å². The Kier molecular flexibility index (Phi) is 2.98. The monoisotopic (exact) mass is 219 g/mol. The van der Waals surface area contributed by atoms with E-state index in [-0.39, 0.29) is 0 Å². The van der Waals surface area contributed by atoms with E-state index in [0.29, 0.717) is 0 Å². The Labute approximate surface area is 94.1 Å². The minimum absolute atomic E-state index is 0.833. The molecule has 1 atom stereocenters. The van der Waals surface area contributed by atoms with Gasteiger partial charge in [0, 0.05) is 5.67 Å². The van der Waals surface area contributed by atoms with Gasteiger partial charge in [-0.2, -0.15) is 0 Å². The Bertz CT molecular complexity index is 321. The van der Waals surface area contributed by atoms with Gasteiger partial charge in [-0.25, -0.2) is 0 Å². The lowest BCUT2D eigenvalue weighted by Gasteiger charge is -2.34. The molecule has 1 saturated heterocycles. The van der Waals surface area contributed by atoms with Gasteiger partial charge in [0.25, 0.3) is 0 Å². The summed E-state index contributed by atoms with van der Waals surface area (Å²) in [5.74, 6) is 0. The summed E-state index contributed by atoms with van der Waals surface area (Å²) in [6.45, 7) is 6.30. The second kappa shape index (κ2) is 4.10. The minimum Gasteiger partial charge on any atom is -0.306 e. The van der Waals surface area contributed by atoms with Crippen LogP contribution in [0.3, 0.4) is 0 Å². The van der Waals surface area contributed by atoms with E-state index in [0.717, 1.165) is 5.67 Å². The first-order chi connectivity index (χ1) is 7.12. The van der Waals surface area contributed by atoms with Crippen LogP contribution < -0.4 is 5.19 Å². The highest BCUT2D eigenvalue weighted by atomic mass is 28.3. The van der Waals surface area contributed by atoms with Crippen molar-refractivity contribution in [2.24, 2.45) is 0 Å². The van der Waals surface area contributed by atoms with Crippen molar-refractivity contribution in [3.63, 3.8) is 0 Å². The topological polar surface area (TPSA) is 3.24 Å². The minimum atomic E-state index is -1.28. The van der Waals surface area contributed by atoms with Gasteiger partial charge in [0.2, 0.25) is 0 Å². The maximum absolute atomic E-state index is 2.57. The summed E-state index contributed by atoms with van der Waals surface area (Å²) in [6, 6.07) is 11.1. The summed E-state index contributed by atoms with van der Waals surface area (Å²) in [5.41, 5.74) is 0.833. The Hall–Kier alpha value is -0.603. The molecule has 0 amide bonds. The zero-order chi connectivity index (χ0) is 10.9. The van der Waals surface area contributed by atoms with Crippen molar-refractivity contribution < 1.29 is 0 Å². The van der Waals surface area contributed by atoms with E-state index in [2.05, 4.69) is 55.4 Å². The van der Waals surface area contributed by atoms with Crippen LogP contribution in [-0.2, 0) is 0 Å². The molecule has 1 fully saturated rings. The first-order valence-electron chi connectivity index (χ1n) is 5.88. The van der Waals surface area contributed by atoms with Gasteiger partial charge in [0.1, 0.15) is 0 Å². The smallest absolute Gasteiger partial charge is 0.0986 e. The maximum Gasteiger partial charge on any atom is 0.0986 e. The van der Waals surface area contributed by atoms with E-state index in [1.54, 1.807) is 5.19 Å². The van der Waals surface area contributed by atoms with E-state index in [4.69, 9.17) is 0 Å². The zero-order valence-corrected chi connectivity index (χ0v) is 11.0. The first kappa shape index (κ1) is 10.9. The number of hydrogen-bond acceptors (Lipinski definition) is 1. The van der Waals surface area contributed by atoms with Crippen LogP contribution in [0.15, 0.2) is 30.3 Å². The highest BCUT2D eigenvalue weighted by Crippen LogP contribution is 2.24. The normalized spacial score (nSPS) is 23.3. The first-order valence-corrected chi connectivity index (χ1v) is 8.96. The van der Waals surface area contributed by atoms with E-state index >= 15 is 0 Å². The van der Waals surface area contributed by atoms with Gasteiger partial charge in [0.05, 0.1) is 8.07 Å². The van der Waals surface area contributed by atoms with E-state index in [9.17, 15) is 0 Å². The molecule has 15 heavy (non-hydrogen) atoms. The molecule has 0 aliphatic carbocycles. The van der Waals surface area contributed by atoms with Crippen LogP contribution in [0, 0.1) is 0 Å². The summed E-state index contributed by atoms with van der Waals surface area (Å²) in [6.07, 6.45) is 2.77. The molecule has 1 aromatic rings. The average molecular weight is 219 g/mol. The quantitative estimate of drug-likeness (QED) is 0.690. The molecule has 82 valence electrons. The van der Waals surface area contributed by atoms with Crippen LogP contribution in [0.5, 0.6) is 0 Å². The number of likely N-dealkylation sites (tertiary alicyclic amines) is 1. The van der Waals surface area contributed by atoms with Gasteiger partial charge in [-0.3, -0.25) is 0 Å². The van der Waals surface area contributed by atoms with E-state index in [1.165, 1.54) is 19.4 Å². The number of hydrogen-bond donors (Lipinski definition) is 0. The lowest BCUT2D eigenvalue weighted by molar-refractivity contribution is 0.376. The molecular weight excluding hydrogens is 198 g/mol. The molecule has 2 rings (SSSR count). The van der Waals surface area contributed by atoms with Crippen molar-refractivity contribution in [2.75, 3.05) is 13.6 Å². The molecule has 2 heteroatoms. The van der Waals surface area contributed by atoms with Gasteiger partial charge in [-0.05, 0) is 26.4 Å². The van der Waals surface area contributed by atoms with Gasteiger partial charge >= 0.3 is 0 Å². The fourth-order valence-corrected chi connectivity index (χ4v) is 6.48. The summed E-state index contributed by atoms with van der Waals surface area (Å²) in [5, 5.41) is 1.60. The summed E-state index contributed by atoms with van der Waals surface area (Å²) in [4.78, 5) is 2.57. The van der Waals surface area contributed by atoms with Crippen LogP contribution in [0.1, 0.15) is 12.8 Å². The molecule has 0 N–H and O–H groups in total. The second-order valence-electron chi connectivity index (χ2n) is 5.23. The van der Waals surface area contributed by atoms with Crippen molar-refractivity contribution in [1.82, 2.24) is 4.90 Å². The molecule has 1 aromatic carbocycles. The molecule has 0 aromatic heterocycles. The fourth-order valence-electron chi connectivity index (χ4n) is 2.88. The predicted molar refractivity (Wildman–Crippen MR) is 69.2 cm³/mol. The predicted octanol–water partition coefficient (Wildman–Crippen LogP) is 2.24. The van der Waals surface area contributed by atoms with Crippen LogP contribution in [0.25, 0.3) is 0 Å². The van der Waals surface area contributed by atoms with Gasteiger partial charge in [-0.1, -0.05) is 48.6 Å². The van der Waals surface area contributed by atoms with E-state index < -0.39 is 8.07 Å². The highest BCUT2D eigenvalue weighted by Gasteiger charge is 2.38. The van der Waals surface area contributed by atoms with Crippen molar-refractivity contribution in [3.8, 4) is 0 Å². The summed E-state index contributed by atoms with van der Waals surface area (Å²) < 4.78 is 0. The molecule has 0 bridgehead atoms. The number of nitrogens with zero attached hydrogens (tertiary/aromatic N) is 1. The van der Waals surface area contributed by atoms with Crippen molar-refractivity contribution >= 4 is 13.3 Å². The van der Waals surface area contributed by atoms with Gasteiger partial charge in [0.15, 0.2) is 0 Å². The van der Waals surface area contributed by atoms with Crippen molar-refractivity contribution in [3.05, 3.63) is 30.3 Å². The van der Waals surface area contributed by atoms with Gasteiger partial charge in [-0.15, -0.1) is 0 Å². The Balaban J connectivity index is 2.26. The standard InChI is InChI=1S/C13H21NSi/c1-14-11-7-10-13(14)15(2,3)12-8-5-4-6-9-12/h4-6,8-9,13H,7,10-11H2,1-3H3/t13-/m0/s1. The average Bonchev–Trinajstić information content (AvgIpc) is 2.66. The SMILES string of the molecule is CN1CCC[C@@H]1[Si](C)(C)c1ccccc1. The van der Waals surface area contributed by atoms with Gasteiger partial charge < -0.3 is 4.90 Å². The third-order valence-electron chi connectivity index (χ3n) is 3.87. The largest absolute Gasteiger partial charge is 0.306 e. The lowest BCUT2D eigenvalue weighted by Crippen LogP contribution is -2.56. The Morgan fingerprint density at radius 2 is 1.87 bits per heavy atom. The molecule has 1 nitrogen and oxygen atoms in total. The van der Waals surface area contributed by atoms with Crippen LogP contribution in [0.4, 0.5) is 0 Å². The molecule has 0 saturated carbocycles. The van der Waals surface area contributed by atoms with E-state index in [1.807, 2.05) is 0 Å². The number of benzene rings is 1. The molecule has 0 radical (unpaired) electrons. The Morgan fingerprint density at radius 3 is 2.40 bits per heavy atom. The van der Waals surface area contributed by atoms with Crippen LogP contribution in [0.2, 0.25) is 13.1 Å². The fraction of sp³-hybridized carbons (Fsp3) is 0.538.